The van der Waals surface area contributed by atoms with Gasteiger partial charge in [-0.05, 0) is 29.9 Å². The third-order valence-corrected chi connectivity index (χ3v) is 9.37. The third kappa shape index (κ3) is 10.5. The summed E-state index contributed by atoms with van der Waals surface area (Å²) in [5.41, 5.74) is 8.11. The normalized spacial score (nSPS) is 14.8. The number of benzene rings is 2. The van der Waals surface area contributed by atoms with Gasteiger partial charge in [0.15, 0.2) is 5.52 Å². The summed E-state index contributed by atoms with van der Waals surface area (Å²) < 4.78 is 19.1. The number of carbonyl (C=O) groups is 2. The van der Waals surface area contributed by atoms with Gasteiger partial charge in [0, 0.05) is 51.6 Å². The lowest BCUT2D eigenvalue weighted by atomic mass is 9.90. The lowest BCUT2D eigenvalue weighted by molar-refractivity contribution is -0.136. The third-order valence-electron chi connectivity index (χ3n) is 9.37. The molecule has 4 N–H and O–H groups in total. The van der Waals surface area contributed by atoms with Gasteiger partial charge >= 0.3 is 0 Å². The van der Waals surface area contributed by atoms with Crippen LogP contribution in [-0.2, 0) is 43.9 Å². The van der Waals surface area contributed by atoms with Crippen LogP contribution in [0.5, 0.6) is 0 Å². The fraction of sp³-hybridized carbons (Fsp3) is 0.500. The predicted molar refractivity (Wildman–Crippen MR) is 196 cm³/mol. The molecule has 3 heterocycles. The summed E-state index contributed by atoms with van der Waals surface area (Å²) in [6.45, 7) is 6.42. The van der Waals surface area contributed by atoms with E-state index in [0.717, 1.165) is 16.7 Å². The number of amides is 2. The molecule has 0 unspecified atom stereocenters. The van der Waals surface area contributed by atoms with Crippen LogP contribution < -0.4 is 16.6 Å². The number of aromatic nitrogens is 4. The second-order valence-electron chi connectivity index (χ2n) is 13.3. The number of fused-ring (bicyclic) bond motifs is 1. The average Bonchev–Trinajstić information content (AvgIpc) is 3.49. The number of nitrogens with two attached hydrogens (primary N) is 1. The van der Waals surface area contributed by atoms with Gasteiger partial charge in [-0.1, -0.05) is 61.5 Å². The van der Waals surface area contributed by atoms with Crippen LogP contribution in [0.3, 0.4) is 0 Å². The summed E-state index contributed by atoms with van der Waals surface area (Å²) in [5, 5.41) is 18.8. The predicted octanol–water partition coefficient (Wildman–Crippen LogP) is 2.36. The Kier molecular flexibility index (Phi) is 14.0. The number of hydrogen-bond donors (Lipinski definition) is 3. The summed E-state index contributed by atoms with van der Waals surface area (Å²) in [6.07, 6.45) is 2.84. The average molecular weight is 718 g/mol. The summed E-state index contributed by atoms with van der Waals surface area (Å²) in [5.74, 6) is 0.0558. The second-order valence-corrected chi connectivity index (χ2v) is 13.3. The molecular formula is C38H51N7O7. The molecule has 0 radical (unpaired) electrons. The minimum atomic E-state index is -1.15. The topological polar surface area (TPSA) is 176 Å². The summed E-state index contributed by atoms with van der Waals surface area (Å²) in [4.78, 5) is 45.3. The Bertz CT molecular complexity index is 1800. The van der Waals surface area contributed by atoms with Crippen LogP contribution in [0.15, 0.2) is 65.7 Å². The first kappa shape index (κ1) is 38.8. The Hall–Kier alpha value is -4.47. The molecule has 2 aromatic carbocycles. The number of nitrogens with one attached hydrogen (secondary N) is 1. The maximum atomic E-state index is 13.6. The van der Waals surface area contributed by atoms with Crippen molar-refractivity contribution in [3.05, 3.63) is 82.4 Å². The van der Waals surface area contributed by atoms with Crippen molar-refractivity contribution < 1.29 is 28.9 Å². The number of ether oxygens (including phenoxy) is 3. The van der Waals surface area contributed by atoms with E-state index in [2.05, 4.69) is 15.4 Å². The van der Waals surface area contributed by atoms with Crippen LogP contribution in [0, 0.1) is 0 Å². The Labute approximate surface area is 303 Å². The smallest absolute Gasteiger partial charge is 0.281 e. The molecular weight excluding hydrogens is 666 g/mol. The van der Waals surface area contributed by atoms with Gasteiger partial charge in [0.1, 0.15) is 5.52 Å². The van der Waals surface area contributed by atoms with Crippen LogP contribution in [0.25, 0.3) is 22.3 Å². The first-order valence-electron chi connectivity index (χ1n) is 17.9. The number of piperidine rings is 1. The van der Waals surface area contributed by atoms with Gasteiger partial charge in [0.2, 0.25) is 11.8 Å². The standard InChI is InChI=1S/C38H51N7O7/c1-28(30-6-4-3-5-7-30)24-33(47)44-16-13-38(49,14-17-44)26-45-27-41-34-35(37(45)48)42-43(2)36(34)31-10-8-29(9-11-31)25-40-32(46)12-18-50-20-22-52-23-21-51-19-15-39/h3-11,27-28,49H,12-26,39H2,1-2H3,(H,40,46)/t28-/m1/s1. The second kappa shape index (κ2) is 18.9. The maximum Gasteiger partial charge on any atom is 0.281 e. The Morgan fingerprint density at radius 3 is 2.27 bits per heavy atom. The van der Waals surface area contributed by atoms with Gasteiger partial charge in [-0.15, -0.1) is 0 Å². The van der Waals surface area contributed by atoms with E-state index in [9.17, 15) is 19.5 Å². The molecule has 14 heteroatoms. The van der Waals surface area contributed by atoms with E-state index >= 15 is 0 Å². The SMILES string of the molecule is C[C@H](CC(=O)N1CCC(O)(Cn2cnc3c(-c4ccc(CNC(=O)CCOCCOCCOCCN)cc4)n(C)nc3c2=O)CC1)c1ccccc1. The van der Waals surface area contributed by atoms with Gasteiger partial charge in [-0.25, -0.2) is 4.98 Å². The highest BCUT2D eigenvalue weighted by Crippen LogP contribution is 2.28. The van der Waals surface area contributed by atoms with Crippen molar-refractivity contribution in [3.63, 3.8) is 0 Å². The fourth-order valence-electron chi connectivity index (χ4n) is 6.33. The molecule has 1 saturated heterocycles. The molecule has 1 aliphatic heterocycles. The highest BCUT2D eigenvalue weighted by atomic mass is 16.5. The van der Waals surface area contributed by atoms with Crippen LogP contribution in [-0.4, -0.2) is 106 Å². The molecule has 0 aliphatic carbocycles. The summed E-state index contributed by atoms with van der Waals surface area (Å²) in [7, 11) is 1.76. The maximum absolute atomic E-state index is 13.6. The van der Waals surface area contributed by atoms with Crippen molar-refractivity contribution in [2.24, 2.45) is 12.8 Å². The van der Waals surface area contributed by atoms with E-state index < -0.39 is 5.60 Å². The molecule has 0 saturated carbocycles. The van der Waals surface area contributed by atoms with Crippen molar-refractivity contribution in [3.8, 4) is 11.3 Å². The summed E-state index contributed by atoms with van der Waals surface area (Å²) in [6, 6.07) is 17.6. The van der Waals surface area contributed by atoms with Crippen LogP contribution in [0.4, 0.5) is 0 Å². The number of aryl methyl sites for hydroxylation is 1. The first-order valence-corrected chi connectivity index (χ1v) is 17.9. The minimum Gasteiger partial charge on any atom is -0.388 e. The number of nitrogens with zero attached hydrogens (tertiary/aromatic N) is 5. The van der Waals surface area contributed by atoms with Gasteiger partial charge in [0.25, 0.3) is 5.56 Å². The largest absolute Gasteiger partial charge is 0.388 e. The fourth-order valence-corrected chi connectivity index (χ4v) is 6.33. The van der Waals surface area contributed by atoms with Crippen molar-refractivity contribution >= 4 is 22.8 Å². The minimum absolute atomic E-state index is 0.0654. The van der Waals surface area contributed by atoms with Crippen molar-refractivity contribution in [2.45, 2.75) is 57.2 Å². The van der Waals surface area contributed by atoms with E-state index in [1.165, 1.54) is 10.9 Å². The van der Waals surface area contributed by atoms with E-state index in [1.54, 1.807) is 11.7 Å². The molecule has 1 atom stereocenters. The molecule has 1 fully saturated rings. The Balaban J connectivity index is 1.09. The molecule has 5 rings (SSSR count). The molecule has 14 nitrogen and oxygen atoms in total. The van der Waals surface area contributed by atoms with Gasteiger partial charge < -0.3 is 35.3 Å². The molecule has 52 heavy (non-hydrogen) atoms. The quantitative estimate of drug-likeness (QED) is 0.122. The van der Waals surface area contributed by atoms with E-state index in [4.69, 9.17) is 19.9 Å². The Morgan fingerprint density at radius 2 is 1.60 bits per heavy atom. The molecule has 0 spiro atoms. The van der Waals surface area contributed by atoms with Crippen LogP contribution in [0.1, 0.15) is 49.7 Å². The number of carbonyl (C=O) groups excluding carboxylic acids is 2. The number of aliphatic hydroxyl groups is 1. The first-order chi connectivity index (χ1) is 25.2. The number of rotatable bonds is 19. The number of likely N-dealkylation sites (tertiary alicyclic amines) is 1. The van der Waals surface area contributed by atoms with E-state index in [0.29, 0.717) is 96.3 Å². The molecule has 0 bridgehead atoms. The monoisotopic (exact) mass is 717 g/mol. The zero-order valence-electron chi connectivity index (χ0n) is 30.2. The summed E-state index contributed by atoms with van der Waals surface area (Å²) >= 11 is 0. The van der Waals surface area contributed by atoms with Crippen molar-refractivity contribution in [2.75, 3.05) is 59.3 Å². The zero-order chi connectivity index (χ0) is 36.9. The van der Waals surface area contributed by atoms with Crippen LogP contribution in [0.2, 0.25) is 0 Å². The van der Waals surface area contributed by atoms with E-state index in [-0.39, 0.29) is 41.8 Å². The molecule has 280 valence electrons. The van der Waals surface area contributed by atoms with Crippen LogP contribution >= 0.6 is 0 Å². The van der Waals surface area contributed by atoms with Crippen molar-refractivity contribution in [1.29, 1.82) is 0 Å². The van der Waals surface area contributed by atoms with Gasteiger partial charge in [-0.2, -0.15) is 5.10 Å². The lowest BCUT2D eigenvalue weighted by Gasteiger charge is -2.38. The molecule has 4 aromatic rings. The zero-order valence-corrected chi connectivity index (χ0v) is 30.2. The molecule has 1 aliphatic rings. The highest BCUT2D eigenvalue weighted by molar-refractivity contribution is 5.89. The van der Waals surface area contributed by atoms with Gasteiger partial charge in [0.05, 0.1) is 63.8 Å². The Morgan fingerprint density at radius 1 is 0.942 bits per heavy atom. The highest BCUT2D eigenvalue weighted by Gasteiger charge is 2.35. The van der Waals surface area contributed by atoms with E-state index in [1.807, 2.05) is 66.4 Å². The molecule has 2 aromatic heterocycles. The number of hydrogen-bond acceptors (Lipinski definition) is 10. The molecule has 2 amide bonds. The van der Waals surface area contributed by atoms with Crippen molar-refractivity contribution in [1.82, 2.24) is 29.5 Å². The lowest BCUT2D eigenvalue weighted by Crippen LogP contribution is -2.49. The van der Waals surface area contributed by atoms with Gasteiger partial charge in [-0.3, -0.25) is 23.6 Å².